The summed E-state index contributed by atoms with van der Waals surface area (Å²) in [6, 6.07) is 57.5. The molecule has 13 rings (SSSR count). The first-order valence-electron chi connectivity index (χ1n) is 22.7. The third-order valence-electron chi connectivity index (χ3n) is 16.1. The molecule has 4 saturated carbocycles. The largest absolute Gasteiger partial charge is 0.457 e. The van der Waals surface area contributed by atoms with E-state index in [9.17, 15) is 0 Å². The number of fused-ring (bicyclic) bond motifs is 4. The van der Waals surface area contributed by atoms with E-state index in [0.29, 0.717) is 11.8 Å². The van der Waals surface area contributed by atoms with Crippen LogP contribution < -0.4 is 9.64 Å². The highest BCUT2D eigenvalue weighted by molar-refractivity contribution is 5.88. The van der Waals surface area contributed by atoms with Crippen molar-refractivity contribution in [3.05, 3.63) is 174 Å². The van der Waals surface area contributed by atoms with Gasteiger partial charge in [-0.05, 0) is 178 Å². The monoisotopic (exact) mass is 781 g/mol. The van der Waals surface area contributed by atoms with Gasteiger partial charge < -0.3 is 9.64 Å². The van der Waals surface area contributed by atoms with E-state index in [2.05, 4.69) is 184 Å². The highest BCUT2D eigenvalue weighted by Crippen LogP contribution is 2.69. The van der Waals surface area contributed by atoms with E-state index in [0.717, 1.165) is 29.0 Å². The lowest BCUT2D eigenvalue weighted by atomic mass is 9.42. The lowest BCUT2D eigenvalue weighted by Crippen LogP contribution is -2.57. The molecular formula is C58H55NO. The molecule has 1 heterocycles. The SMILES string of the molecule is CC1(C)CCC(C)(C)c2cc(-c3cccc(N(c4ccc(-c5ccc6ccccc6c5)cc4)c4ccc5c(c4)C4(c6ccccc6O5)C5CC6CC(C5)CC4C6)c3)ccc21. The van der Waals surface area contributed by atoms with Gasteiger partial charge in [0.1, 0.15) is 11.5 Å². The van der Waals surface area contributed by atoms with Gasteiger partial charge in [0.15, 0.2) is 0 Å². The van der Waals surface area contributed by atoms with Crippen molar-refractivity contribution in [2.24, 2.45) is 23.7 Å². The number of rotatable bonds is 5. The van der Waals surface area contributed by atoms with Gasteiger partial charge in [0.2, 0.25) is 0 Å². The molecule has 6 aliphatic rings. The molecule has 4 bridgehead atoms. The molecule has 0 radical (unpaired) electrons. The van der Waals surface area contributed by atoms with Crippen LogP contribution in [-0.4, -0.2) is 0 Å². The Morgan fingerprint density at radius 3 is 1.80 bits per heavy atom. The summed E-state index contributed by atoms with van der Waals surface area (Å²) in [6.45, 7) is 9.69. The minimum absolute atomic E-state index is 0.0230. The lowest BCUT2D eigenvalue weighted by Gasteiger charge is -2.63. The van der Waals surface area contributed by atoms with Gasteiger partial charge in [0.05, 0.1) is 0 Å². The van der Waals surface area contributed by atoms with E-state index in [1.54, 1.807) is 0 Å². The van der Waals surface area contributed by atoms with Crippen LogP contribution in [0, 0.1) is 23.7 Å². The van der Waals surface area contributed by atoms with Crippen molar-refractivity contribution < 1.29 is 4.74 Å². The summed E-state index contributed by atoms with van der Waals surface area (Å²) in [5.74, 6) is 5.15. The number of para-hydroxylation sites is 1. The van der Waals surface area contributed by atoms with E-state index < -0.39 is 0 Å². The molecule has 0 amide bonds. The van der Waals surface area contributed by atoms with E-state index in [4.69, 9.17) is 4.74 Å². The number of nitrogens with zero attached hydrogens (tertiary/aromatic N) is 1. The molecule has 2 heteroatoms. The Balaban J connectivity index is 1.01. The van der Waals surface area contributed by atoms with Crippen LogP contribution in [0.1, 0.15) is 94.9 Å². The minimum atomic E-state index is -0.0230. The number of hydrogen-bond acceptors (Lipinski definition) is 2. The first kappa shape index (κ1) is 36.3. The van der Waals surface area contributed by atoms with Crippen LogP contribution >= 0.6 is 0 Å². The average molecular weight is 782 g/mol. The molecule has 60 heavy (non-hydrogen) atoms. The molecular weight excluding hydrogens is 727 g/mol. The van der Waals surface area contributed by atoms with E-state index in [1.165, 1.54) is 112 Å². The molecule has 4 fully saturated rings. The molecule has 1 spiro atoms. The zero-order valence-corrected chi connectivity index (χ0v) is 35.5. The Morgan fingerprint density at radius 2 is 1.02 bits per heavy atom. The van der Waals surface area contributed by atoms with Gasteiger partial charge in [-0.15, -0.1) is 0 Å². The van der Waals surface area contributed by atoms with Crippen molar-refractivity contribution in [1.29, 1.82) is 0 Å². The highest BCUT2D eigenvalue weighted by atomic mass is 16.5. The molecule has 5 aliphatic carbocycles. The van der Waals surface area contributed by atoms with Crippen LogP contribution in [0.25, 0.3) is 33.0 Å². The molecule has 7 aromatic rings. The number of ether oxygens (including phenoxy) is 1. The van der Waals surface area contributed by atoms with Gasteiger partial charge in [-0.1, -0.05) is 125 Å². The molecule has 2 nitrogen and oxygen atoms in total. The lowest BCUT2D eigenvalue weighted by molar-refractivity contribution is -0.0452. The molecule has 0 N–H and O–H groups in total. The van der Waals surface area contributed by atoms with E-state index in [1.807, 2.05) is 0 Å². The Labute approximate surface area is 356 Å². The normalized spacial score (nSPS) is 25.0. The fourth-order valence-electron chi connectivity index (χ4n) is 13.2. The van der Waals surface area contributed by atoms with Crippen LogP contribution in [-0.2, 0) is 16.2 Å². The van der Waals surface area contributed by atoms with Gasteiger partial charge in [-0.2, -0.15) is 0 Å². The third kappa shape index (κ3) is 5.52. The number of anilines is 3. The summed E-state index contributed by atoms with van der Waals surface area (Å²) in [5, 5.41) is 2.54. The maximum Gasteiger partial charge on any atom is 0.131 e. The molecule has 0 unspecified atom stereocenters. The predicted octanol–water partition coefficient (Wildman–Crippen LogP) is 15.8. The van der Waals surface area contributed by atoms with Crippen LogP contribution in [0.3, 0.4) is 0 Å². The van der Waals surface area contributed by atoms with Crippen LogP contribution in [0.2, 0.25) is 0 Å². The second kappa shape index (κ2) is 13.2. The van der Waals surface area contributed by atoms with Crippen LogP contribution in [0.4, 0.5) is 17.1 Å². The topological polar surface area (TPSA) is 12.5 Å². The summed E-state index contributed by atoms with van der Waals surface area (Å²) in [4.78, 5) is 2.50. The van der Waals surface area contributed by atoms with Crippen molar-refractivity contribution in [2.75, 3.05) is 4.90 Å². The Bertz CT molecular complexity index is 2800. The first-order valence-corrected chi connectivity index (χ1v) is 22.7. The number of hydrogen-bond donors (Lipinski definition) is 0. The number of benzene rings is 7. The highest BCUT2D eigenvalue weighted by Gasteiger charge is 2.61. The summed E-state index contributed by atoms with van der Waals surface area (Å²) in [7, 11) is 0. The van der Waals surface area contributed by atoms with Gasteiger partial charge >= 0.3 is 0 Å². The van der Waals surface area contributed by atoms with Crippen molar-refractivity contribution >= 4 is 27.8 Å². The van der Waals surface area contributed by atoms with E-state index in [-0.39, 0.29) is 16.2 Å². The average Bonchev–Trinajstić information content (AvgIpc) is 3.27. The van der Waals surface area contributed by atoms with Crippen molar-refractivity contribution in [1.82, 2.24) is 0 Å². The molecule has 298 valence electrons. The Morgan fingerprint density at radius 1 is 0.417 bits per heavy atom. The maximum absolute atomic E-state index is 6.88. The fourth-order valence-corrected chi connectivity index (χ4v) is 13.2. The summed E-state index contributed by atoms with van der Waals surface area (Å²) >= 11 is 0. The van der Waals surface area contributed by atoms with Crippen molar-refractivity contribution in [2.45, 2.75) is 88.9 Å². The molecule has 7 aromatic carbocycles. The summed E-state index contributed by atoms with van der Waals surface area (Å²) in [6.07, 6.45) is 9.20. The van der Waals surface area contributed by atoms with Gasteiger partial charge in [0, 0.05) is 33.6 Å². The van der Waals surface area contributed by atoms with Gasteiger partial charge in [-0.3, -0.25) is 0 Å². The molecule has 0 saturated heterocycles. The van der Waals surface area contributed by atoms with Gasteiger partial charge in [0.25, 0.3) is 0 Å². The van der Waals surface area contributed by atoms with Crippen molar-refractivity contribution in [3.8, 4) is 33.8 Å². The van der Waals surface area contributed by atoms with Crippen molar-refractivity contribution in [3.63, 3.8) is 0 Å². The molecule has 0 aromatic heterocycles. The summed E-state index contributed by atoms with van der Waals surface area (Å²) in [5.41, 5.74) is 14.6. The summed E-state index contributed by atoms with van der Waals surface area (Å²) < 4.78 is 6.88. The smallest absolute Gasteiger partial charge is 0.131 e. The van der Waals surface area contributed by atoms with Crippen LogP contribution in [0.5, 0.6) is 11.5 Å². The second-order valence-corrected chi connectivity index (χ2v) is 20.5. The first-order chi connectivity index (χ1) is 29.1. The Kier molecular flexibility index (Phi) is 7.98. The zero-order valence-electron chi connectivity index (χ0n) is 35.5. The van der Waals surface area contributed by atoms with E-state index >= 15 is 0 Å². The van der Waals surface area contributed by atoms with Crippen LogP contribution in [0.15, 0.2) is 152 Å². The predicted molar refractivity (Wildman–Crippen MR) is 249 cm³/mol. The third-order valence-corrected chi connectivity index (χ3v) is 16.1. The molecule has 0 atom stereocenters. The second-order valence-electron chi connectivity index (χ2n) is 20.5. The minimum Gasteiger partial charge on any atom is -0.457 e. The quantitative estimate of drug-likeness (QED) is 0.172. The zero-order chi connectivity index (χ0) is 40.4. The van der Waals surface area contributed by atoms with Gasteiger partial charge in [-0.25, -0.2) is 0 Å². The maximum atomic E-state index is 6.88. The standard InChI is InChI=1S/C58H55NO/c1-56(2)26-27-57(3,4)52-35-44(20-24-50(52)56)42-12-9-13-48(34-42)59(47-21-18-40(19-22-47)43-17-16-39-10-5-6-11-41(39)33-43)49-23-25-55-53(36-49)58(51-14-7-8-15-54(51)60-55)45-29-37-28-38(31-45)32-46(58)30-37/h5-25,33-38,45-46H,26-32H2,1-4H3. The molecule has 1 aliphatic heterocycles. The fraction of sp³-hybridized carbons (Fsp3) is 0.310. The Hall–Kier alpha value is -5.60.